The molecule has 0 spiro atoms. The molecule has 114 valence electrons. The fraction of sp³-hybridized carbons (Fsp3) is 0.500. The second-order valence-corrected chi connectivity index (χ2v) is 5.46. The Hall–Kier alpha value is -1.88. The van der Waals surface area contributed by atoms with E-state index in [-0.39, 0.29) is 11.5 Å². The molecule has 1 aromatic carbocycles. The highest BCUT2D eigenvalue weighted by Crippen LogP contribution is 2.21. The Morgan fingerprint density at radius 1 is 1.33 bits per heavy atom. The van der Waals surface area contributed by atoms with Crippen LogP contribution < -0.4 is 10.2 Å². The van der Waals surface area contributed by atoms with E-state index in [1.54, 1.807) is 25.2 Å². The number of hydrogen-bond donors (Lipinski definition) is 2. The predicted molar refractivity (Wildman–Crippen MR) is 81.7 cm³/mol. The molecule has 1 heterocycles. The average molecular weight is 290 g/mol. The van der Waals surface area contributed by atoms with Gasteiger partial charge in [0.25, 0.3) is 0 Å². The Labute approximate surface area is 125 Å². The van der Waals surface area contributed by atoms with Gasteiger partial charge in [0.05, 0.1) is 11.3 Å². The van der Waals surface area contributed by atoms with Gasteiger partial charge in [0.1, 0.15) is 0 Å². The molecule has 1 fully saturated rings. The van der Waals surface area contributed by atoms with Gasteiger partial charge in [0, 0.05) is 19.5 Å². The maximum absolute atomic E-state index is 12.3. The van der Waals surface area contributed by atoms with E-state index in [1.807, 2.05) is 0 Å². The van der Waals surface area contributed by atoms with Gasteiger partial charge in [-0.2, -0.15) is 0 Å². The summed E-state index contributed by atoms with van der Waals surface area (Å²) in [7, 11) is 1.64. The molecule has 1 aromatic rings. The van der Waals surface area contributed by atoms with Crippen molar-refractivity contribution in [1.82, 2.24) is 5.32 Å². The summed E-state index contributed by atoms with van der Waals surface area (Å²) in [4.78, 5) is 24.9. The Morgan fingerprint density at radius 2 is 2.10 bits per heavy atom. The number of nitrogens with one attached hydrogen (secondary N) is 1. The molecule has 1 unspecified atom stereocenters. The number of carbonyl (C=O) groups is 2. The van der Waals surface area contributed by atoms with E-state index in [1.165, 1.54) is 23.8 Å². The molecule has 2 rings (SSSR count). The first-order valence-electron chi connectivity index (χ1n) is 7.42. The van der Waals surface area contributed by atoms with Crippen LogP contribution in [-0.2, 0) is 4.79 Å². The minimum atomic E-state index is -1.01. The van der Waals surface area contributed by atoms with Gasteiger partial charge in [-0.1, -0.05) is 18.6 Å². The Morgan fingerprint density at radius 3 is 2.76 bits per heavy atom. The first-order chi connectivity index (χ1) is 10.1. The van der Waals surface area contributed by atoms with E-state index < -0.39 is 5.97 Å². The summed E-state index contributed by atoms with van der Waals surface area (Å²) < 4.78 is 0. The molecule has 1 atom stereocenters. The molecular weight excluding hydrogens is 268 g/mol. The number of benzene rings is 1. The van der Waals surface area contributed by atoms with Crippen LogP contribution in [0, 0.1) is 0 Å². The third-order valence-corrected chi connectivity index (χ3v) is 3.99. The van der Waals surface area contributed by atoms with Crippen molar-refractivity contribution >= 4 is 17.6 Å². The number of nitrogens with zero attached hydrogens (tertiary/aromatic N) is 1. The Kier molecular flexibility index (Phi) is 5.33. The van der Waals surface area contributed by atoms with Crippen molar-refractivity contribution in [2.24, 2.45) is 0 Å². The van der Waals surface area contributed by atoms with Crippen LogP contribution in [0.4, 0.5) is 5.69 Å². The number of carbonyl (C=O) groups excluding carboxylic acids is 1. The molecule has 5 heteroatoms. The van der Waals surface area contributed by atoms with Gasteiger partial charge in [-0.15, -0.1) is 0 Å². The highest BCUT2D eigenvalue weighted by molar-refractivity contribution is 6.01. The van der Waals surface area contributed by atoms with Gasteiger partial charge in [-0.25, -0.2) is 4.79 Å². The zero-order chi connectivity index (χ0) is 15.2. The van der Waals surface area contributed by atoms with E-state index in [0.29, 0.717) is 18.2 Å². The third kappa shape index (κ3) is 4.04. The molecule has 1 aliphatic heterocycles. The second-order valence-electron chi connectivity index (χ2n) is 5.46. The van der Waals surface area contributed by atoms with Gasteiger partial charge >= 0.3 is 5.97 Å². The number of amides is 1. The SMILES string of the molecule is CN(C(=O)CCC1CCCCN1)c1ccccc1C(=O)O. The molecule has 0 aliphatic carbocycles. The number of piperidine rings is 1. The van der Waals surface area contributed by atoms with Gasteiger partial charge in [-0.3, -0.25) is 4.79 Å². The lowest BCUT2D eigenvalue weighted by molar-refractivity contribution is -0.118. The number of hydrogen-bond acceptors (Lipinski definition) is 3. The summed E-state index contributed by atoms with van der Waals surface area (Å²) in [5.41, 5.74) is 0.607. The Balaban J connectivity index is 1.97. The van der Waals surface area contributed by atoms with Crippen molar-refractivity contribution in [2.75, 3.05) is 18.5 Å². The average Bonchev–Trinajstić information content (AvgIpc) is 2.52. The van der Waals surface area contributed by atoms with Crippen molar-refractivity contribution in [3.8, 4) is 0 Å². The summed E-state index contributed by atoms with van der Waals surface area (Å²) in [5.74, 6) is -1.06. The third-order valence-electron chi connectivity index (χ3n) is 3.99. The van der Waals surface area contributed by atoms with Crippen molar-refractivity contribution < 1.29 is 14.7 Å². The molecule has 0 saturated carbocycles. The van der Waals surface area contributed by atoms with Crippen molar-refractivity contribution in [3.63, 3.8) is 0 Å². The van der Waals surface area contributed by atoms with E-state index in [4.69, 9.17) is 0 Å². The number of para-hydroxylation sites is 1. The monoisotopic (exact) mass is 290 g/mol. The van der Waals surface area contributed by atoms with E-state index in [2.05, 4.69) is 5.32 Å². The number of rotatable bonds is 5. The van der Waals surface area contributed by atoms with Crippen LogP contribution in [0.1, 0.15) is 42.5 Å². The minimum absolute atomic E-state index is 0.0453. The fourth-order valence-electron chi connectivity index (χ4n) is 2.72. The van der Waals surface area contributed by atoms with Crippen LogP contribution in [0.25, 0.3) is 0 Å². The lowest BCUT2D eigenvalue weighted by atomic mass is 10.00. The summed E-state index contributed by atoms with van der Waals surface area (Å²) in [5, 5.41) is 12.6. The topological polar surface area (TPSA) is 69.6 Å². The highest BCUT2D eigenvalue weighted by Gasteiger charge is 2.19. The molecular formula is C16H22N2O3. The first-order valence-corrected chi connectivity index (χ1v) is 7.42. The molecule has 2 N–H and O–H groups in total. The molecule has 1 aliphatic rings. The smallest absolute Gasteiger partial charge is 0.337 e. The van der Waals surface area contributed by atoms with Crippen LogP contribution in [0.2, 0.25) is 0 Å². The number of aromatic carboxylic acids is 1. The maximum atomic E-state index is 12.3. The predicted octanol–water partition coefficient (Wildman–Crippen LogP) is 2.27. The molecule has 1 amide bonds. The summed E-state index contributed by atoms with van der Waals surface area (Å²) >= 11 is 0. The van der Waals surface area contributed by atoms with Crippen LogP contribution >= 0.6 is 0 Å². The first kappa shape index (κ1) is 15.5. The van der Waals surface area contributed by atoms with Crippen LogP contribution in [0.3, 0.4) is 0 Å². The summed E-state index contributed by atoms with van der Waals surface area (Å²) in [6, 6.07) is 7.00. The van der Waals surface area contributed by atoms with Crippen LogP contribution in [-0.4, -0.2) is 36.6 Å². The molecule has 1 saturated heterocycles. The molecule has 5 nitrogen and oxygen atoms in total. The maximum Gasteiger partial charge on any atom is 0.337 e. The number of carboxylic acid groups (broad SMARTS) is 1. The lowest BCUT2D eigenvalue weighted by Gasteiger charge is -2.24. The Bertz CT molecular complexity index is 510. The zero-order valence-electron chi connectivity index (χ0n) is 12.3. The second kappa shape index (κ2) is 7.22. The van der Waals surface area contributed by atoms with Crippen molar-refractivity contribution in [3.05, 3.63) is 29.8 Å². The van der Waals surface area contributed by atoms with Crippen molar-refractivity contribution in [1.29, 1.82) is 0 Å². The summed E-state index contributed by atoms with van der Waals surface area (Å²) in [6.07, 6.45) is 4.77. The molecule has 0 aromatic heterocycles. The fourth-order valence-corrected chi connectivity index (χ4v) is 2.72. The van der Waals surface area contributed by atoms with E-state index in [9.17, 15) is 14.7 Å². The minimum Gasteiger partial charge on any atom is -0.478 e. The molecule has 21 heavy (non-hydrogen) atoms. The molecule has 0 bridgehead atoms. The van der Waals surface area contributed by atoms with E-state index in [0.717, 1.165) is 19.4 Å². The largest absolute Gasteiger partial charge is 0.478 e. The van der Waals surface area contributed by atoms with E-state index >= 15 is 0 Å². The van der Waals surface area contributed by atoms with Crippen LogP contribution in [0.5, 0.6) is 0 Å². The van der Waals surface area contributed by atoms with Crippen LogP contribution in [0.15, 0.2) is 24.3 Å². The van der Waals surface area contributed by atoms with Crippen molar-refractivity contribution in [2.45, 2.75) is 38.1 Å². The summed E-state index contributed by atoms with van der Waals surface area (Å²) in [6.45, 7) is 1.02. The van der Waals surface area contributed by atoms with Gasteiger partial charge in [0.15, 0.2) is 0 Å². The highest BCUT2D eigenvalue weighted by atomic mass is 16.4. The quantitative estimate of drug-likeness (QED) is 0.873. The van der Waals surface area contributed by atoms with Gasteiger partial charge < -0.3 is 15.3 Å². The normalized spacial score (nSPS) is 18.2. The number of anilines is 1. The standard InChI is InChI=1S/C16H22N2O3/c1-18(14-8-3-2-7-13(14)16(20)21)15(19)10-9-12-6-4-5-11-17-12/h2-3,7-8,12,17H,4-6,9-11H2,1H3,(H,20,21). The van der Waals surface area contributed by atoms with Gasteiger partial charge in [-0.05, 0) is 37.9 Å². The zero-order valence-corrected chi connectivity index (χ0v) is 12.3. The van der Waals surface area contributed by atoms with Gasteiger partial charge in [0.2, 0.25) is 5.91 Å². The molecule has 0 radical (unpaired) electrons. The number of carboxylic acids is 1. The lowest BCUT2D eigenvalue weighted by Crippen LogP contribution is -2.36.